The van der Waals surface area contributed by atoms with Crippen molar-refractivity contribution in [2.45, 2.75) is 18.6 Å². The lowest BCUT2D eigenvalue weighted by molar-refractivity contribution is -0.137. The first-order valence-corrected chi connectivity index (χ1v) is 7.62. The molecule has 0 unspecified atom stereocenters. The lowest BCUT2D eigenvalue weighted by Gasteiger charge is -2.37. The van der Waals surface area contributed by atoms with E-state index in [2.05, 4.69) is 5.32 Å². The number of rotatable bonds is 2. The molecule has 3 nitrogen and oxygen atoms in total. The molecule has 24 heavy (non-hydrogen) atoms. The number of hydrogen-bond donors (Lipinski definition) is 1. The van der Waals surface area contributed by atoms with Gasteiger partial charge in [0.15, 0.2) is 5.11 Å². The molecule has 0 bridgehead atoms. The number of halogens is 3. The minimum atomic E-state index is -4.45. The Labute approximate surface area is 142 Å². The van der Waals surface area contributed by atoms with E-state index in [0.717, 1.165) is 17.7 Å². The van der Waals surface area contributed by atoms with E-state index < -0.39 is 17.8 Å². The lowest BCUT2D eigenvalue weighted by atomic mass is 9.99. The van der Waals surface area contributed by atoms with Gasteiger partial charge in [-0.25, -0.2) is 0 Å². The Hall–Kier alpha value is -2.41. The van der Waals surface area contributed by atoms with Crippen LogP contribution in [-0.4, -0.2) is 11.0 Å². The molecule has 1 amide bonds. The molecule has 1 saturated heterocycles. The van der Waals surface area contributed by atoms with Gasteiger partial charge in [0.05, 0.1) is 18.0 Å². The maximum absolute atomic E-state index is 13.0. The molecule has 0 radical (unpaired) electrons. The normalized spacial score (nSPS) is 18.5. The van der Waals surface area contributed by atoms with Gasteiger partial charge in [0.1, 0.15) is 0 Å². The molecule has 1 aliphatic heterocycles. The van der Waals surface area contributed by atoms with Gasteiger partial charge in [-0.2, -0.15) is 13.2 Å². The molecule has 2 aromatic carbocycles. The highest BCUT2D eigenvalue weighted by Crippen LogP contribution is 2.36. The molecule has 2 aromatic rings. The van der Waals surface area contributed by atoms with Crippen LogP contribution in [0.3, 0.4) is 0 Å². The Morgan fingerprint density at radius 3 is 2.46 bits per heavy atom. The van der Waals surface area contributed by atoms with Crippen molar-refractivity contribution in [1.29, 1.82) is 0 Å². The largest absolute Gasteiger partial charge is 0.416 e. The maximum atomic E-state index is 13.0. The van der Waals surface area contributed by atoms with Crippen LogP contribution in [0, 0.1) is 0 Å². The second-order valence-electron chi connectivity index (χ2n) is 5.40. The molecule has 0 saturated carbocycles. The third-order valence-corrected chi connectivity index (χ3v) is 4.09. The van der Waals surface area contributed by atoms with E-state index in [0.29, 0.717) is 5.69 Å². The summed E-state index contributed by atoms with van der Waals surface area (Å²) in [6, 6.07) is 13.6. The summed E-state index contributed by atoms with van der Waals surface area (Å²) in [5, 5.41) is 2.62. The number of nitrogens with zero attached hydrogens (tertiary/aromatic N) is 1. The minimum Gasteiger partial charge on any atom is -0.311 e. The van der Waals surface area contributed by atoms with Gasteiger partial charge in [0.25, 0.3) is 0 Å². The summed E-state index contributed by atoms with van der Waals surface area (Å²) in [4.78, 5) is 13.4. The second kappa shape index (κ2) is 6.24. The number of benzene rings is 2. The molecule has 124 valence electrons. The summed E-state index contributed by atoms with van der Waals surface area (Å²) < 4.78 is 39.0. The summed E-state index contributed by atoms with van der Waals surface area (Å²) in [5.41, 5.74) is 0.349. The zero-order valence-corrected chi connectivity index (χ0v) is 13.2. The molecule has 0 aromatic heterocycles. The third-order valence-electron chi connectivity index (χ3n) is 3.79. The van der Waals surface area contributed by atoms with E-state index in [9.17, 15) is 18.0 Å². The topological polar surface area (TPSA) is 32.3 Å². The molecule has 0 aliphatic carbocycles. The van der Waals surface area contributed by atoms with Gasteiger partial charge in [-0.05, 0) is 36.0 Å². The number of thiocarbonyl (C=S) groups is 1. The Balaban J connectivity index is 2.05. The zero-order chi connectivity index (χ0) is 17.3. The van der Waals surface area contributed by atoms with Gasteiger partial charge >= 0.3 is 6.18 Å². The van der Waals surface area contributed by atoms with E-state index in [-0.39, 0.29) is 17.4 Å². The van der Waals surface area contributed by atoms with Crippen LogP contribution >= 0.6 is 12.2 Å². The first-order chi connectivity index (χ1) is 11.4. The summed E-state index contributed by atoms with van der Waals surface area (Å²) >= 11 is 5.21. The Kier molecular flexibility index (Phi) is 4.28. The van der Waals surface area contributed by atoms with Crippen LogP contribution in [0.25, 0.3) is 0 Å². The van der Waals surface area contributed by atoms with Crippen LogP contribution in [0.15, 0.2) is 54.6 Å². The molecule has 1 fully saturated rings. The van der Waals surface area contributed by atoms with Crippen molar-refractivity contribution in [2.24, 2.45) is 0 Å². The Bertz CT molecular complexity index is 777. The van der Waals surface area contributed by atoms with Gasteiger partial charge in [-0.1, -0.05) is 36.4 Å². The average molecular weight is 350 g/mol. The molecule has 1 heterocycles. The summed E-state index contributed by atoms with van der Waals surface area (Å²) in [7, 11) is 0. The van der Waals surface area contributed by atoms with Crippen molar-refractivity contribution in [3.63, 3.8) is 0 Å². The van der Waals surface area contributed by atoms with E-state index in [1.165, 1.54) is 6.07 Å². The van der Waals surface area contributed by atoms with E-state index in [1.54, 1.807) is 11.0 Å². The zero-order valence-electron chi connectivity index (χ0n) is 12.4. The Morgan fingerprint density at radius 2 is 1.79 bits per heavy atom. The first-order valence-electron chi connectivity index (χ1n) is 7.21. The number of carbonyl (C=O) groups is 1. The van der Waals surface area contributed by atoms with Crippen molar-refractivity contribution in [3.05, 3.63) is 65.7 Å². The van der Waals surface area contributed by atoms with Crippen molar-refractivity contribution < 1.29 is 18.0 Å². The van der Waals surface area contributed by atoms with Crippen molar-refractivity contribution in [3.8, 4) is 0 Å². The number of anilines is 1. The van der Waals surface area contributed by atoms with Gasteiger partial charge < -0.3 is 10.2 Å². The molecule has 0 spiro atoms. The van der Waals surface area contributed by atoms with E-state index >= 15 is 0 Å². The highest BCUT2D eigenvalue weighted by molar-refractivity contribution is 7.80. The first kappa shape index (κ1) is 16.4. The molecule has 1 atom stereocenters. The van der Waals surface area contributed by atoms with Crippen molar-refractivity contribution in [2.75, 3.05) is 4.90 Å². The second-order valence-corrected chi connectivity index (χ2v) is 5.79. The molecule has 1 aliphatic rings. The number of carbonyl (C=O) groups excluding carboxylic acids is 1. The monoisotopic (exact) mass is 350 g/mol. The van der Waals surface area contributed by atoms with Crippen LogP contribution in [0.1, 0.15) is 23.6 Å². The third kappa shape index (κ3) is 3.26. The predicted molar refractivity (Wildman–Crippen MR) is 88.5 cm³/mol. The molecule has 3 rings (SSSR count). The van der Waals surface area contributed by atoms with Crippen LogP contribution in [-0.2, 0) is 11.0 Å². The molecular formula is C17H13F3N2OS. The number of amides is 1. The highest BCUT2D eigenvalue weighted by Gasteiger charge is 2.35. The fourth-order valence-corrected chi connectivity index (χ4v) is 3.06. The quantitative estimate of drug-likeness (QED) is 0.829. The summed E-state index contributed by atoms with van der Waals surface area (Å²) in [5.74, 6) is -0.253. The van der Waals surface area contributed by atoms with Crippen LogP contribution in [0.2, 0.25) is 0 Å². The van der Waals surface area contributed by atoms with Gasteiger partial charge in [-0.15, -0.1) is 0 Å². The standard InChI is InChI=1S/C17H13F3N2OS/c18-17(19,20)12-7-4-8-13(9-12)22-14(10-15(23)21-16(22)24)11-5-2-1-3-6-11/h1-9,14H,10H2,(H,21,23,24)/t14-/m0/s1. The smallest absolute Gasteiger partial charge is 0.311 e. The van der Waals surface area contributed by atoms with E-state index in [4.69, 9.17) is 12.2 Å². The summed E-state index contributed by atoms with van der Waals surface area (Å²) in [6.45, 7) is 0. The number of nitrogens with one attached hydrogen (secondary N) is 1. The van der Waals surface area contributed by atoms with Crippen molar-refractivity contribution >= 4 is 28.9 Å². The lowest BCUT2D eigenvalue weighted by Crippen LogP contribution is -2.51. The van der Waals surface area contributed by atoms with Crippen LogP contribution < -0.4 is 10.2 Å². The fourth-order valence-electron chi connectivity index (χ4n) is 2.71. The minimum absolute atomic E-state index is 0.0967. The predicted octanol–water partition coefficient (Wildman–Crippen LogP) is 4.06. The Morgan fingerprint density at radius 1 is 1.08 bits per heavy atom. The van der Waals surface area contributed by atoms with Gasteiger partial charge in [-0.3, -0.25) is 4.79 Å². The SMILES string of the molecule is O=C1C[C@@H](c2ccccc2)N(c2cccc(C(F)(F)F)c2)C(=S)N1. The van der Waals surface area contributed by atoms with Gasteiger partial charge in [0.2, 0.25) is 5.91 Å². The highest BCUT2D eigenvalue weighted by atomic mass is 32.1. The van der Waals surface area contributed by atoms with E-state index in [1.807, 2.05) is 30.3 Å². The van der Waals surface area contributed by atoms with Crippen LogP contribution in [0.4, 0.5) is 18.9 Å². The average Bonchev–Trinajstić information content (AvgIpc) is 2.54. The summed E-state index contributed by atoms with van der Waals surface area (Å²) in [6.07, 6.45) is -4.33. The van der Waals surface area contributed by atoms with Crippen LogP contribution in [0.5, 0.6) is 0 Å². The molecular weight excluding hydrogens is 337 g/mol. The molecule has 7 heteroatoms. The fraction of sp³-hybridized carbons (Fsp3) is 0.176. The number of alkyl halides is 3. The molecule has 1 N–H and O–H groups in total. The van der Waals surface area contributed by atoms with Crippen molar-refractivity contribution in [1.82, 2.24) is 5.32 Å². The van der Waals surface area contributed by atoms with Gasteiger partial charge in [0, 0.05) is 5.69 Å². The number of hydrogen-bond acceptors (Lipinski definition) is 2. The maximum Gasteiger partial charge on any atom is 0.416 e.